The number of rotatable bonds is 14. The number of unbranched alkanes of at least 4 members (excludes halogenated alkanes) is 1. The fraction of sp³-hybridized carbons (Fsp3) is 0.269. The van der Waals surface area contributed by atoms with Crippen molar-refractivity contribution in [1.29, 1.82) is 0 Å². The predicted octanol–water partition coefficient (Wildman–Crippen LogP) is 4.82. The number of ether oxygens (including phenoxy) is 1. The number of aromatic amines is 2. The zero-order chi connectivity index (χ0) is 25.3. The summed E-state index contributed by atoms with van der Waals surface area (Å²) in [4.78, 5) is 0. The minimum absolute atomic E-state index is 0.272. The first-order valence-corrected chi connectivity index (χ1v) is 12.2. The standard InChI is InChI=1S/C26H29FN8O2/c27-21-7-18(8-22(11-21)34-23-14-30-31-15-23)12-28-3-1-2-5-36-6-4-29-25-9-19(20-13-33-37-17-20)10-26-24(25)16-32-35-26/h7-11,13-17,28-29,34H,1-6,12H2,(H,30,31)(H,32,35). The third-order valence-corrected chi connectivity index (χ3v) is 5.85. The van der Waals surface area contributed by atoms with Crippen LogP contribution in [0.1, 0.15) is 18.4 Å². The fourth-order valence-electron chi connectivity index (χ4n) is 4.07. The van der Waals surface area contributed by atoms with Gasteiger partial charge >= 0.3 is 0 Å². The van der Waals surface area contributed by atoms with E-state index in [1.165, 1.54) is 6.07 Å². The van der Waals surface area contributed by atoms with Gasteiger partial charge in [0, 0.05) is 48.2 Å². The quantitative estimate of drug-likeness (QED) is 0.136. The van der Waals surface area contributed by atoms with Crippen molar-refractivity contribution in [3.8, 4) is 11.1 Å². The van der Waals surface area contributed by atoms with E-state index in [2.05, 4.69) is 47.6 Å². The first kappa shape index (κ1) is 24.5. The maximum Gasteiger partial charge on any atom is 0.131 e. The summed E-state index contributed by atoms with van der Waals surface area (Å²) in [5.41, 5.74) is 6.20. The van der Waals surface area contributed by atoms with E-state index in [4.69, 9.17) is 9.26 Å². The Morgan fingerprint density at radius 1 is 0.919 bits per heavy atom. The molecule has 11 heteroatoms. The van der Waals surface area contributed by atoms with Crippen molar-refractivity contribution in [1.82, 2.24) is 30.9 Å². The van der Waals surface area contributed by atoms with Gasteiger partial charge in [-0.15, -0.1) is 0 Å². The minimum Gasteiger partial charge on any atom is -0.382 e. The van der Waals surface area contributed by atoms with Crippen molar-refractivity contribution >= 4 is 28.0 Å². The Kier molecular flexibility index (Phi) is 8.04. The number of fused-ring (bicyclic) bond motifs is 1. The van der Waals surface area contributed by atoms with Gasteiger partial charge in [-0.3, -0.25) is 10.2 Å². The second kappa shape index (κ2) is 12.2. The van der Waals surface area contributed by atoms with E-state index in [0.29, 0.717) is 32.0 Å². The van der Waals surface area contributed by atoms with Crippen molar-refractivity contribution < 1.29 is 13.7 Å². The second-order valence-electron chi connectivity index (χ2n) is 8.65. The number of hydrogen-bond donors (Lipinski definition) is 5. The Balaban J connectivity index is 0.976. The molecule has 5 N–H and O–H groups in total. The number of hydrogen-bond acceptors (Lipinski definition) is 8. The van der Waals surface area contributed by atoms with E-state index >= 15 is 0 Å². The molecule has 0 aliphatic heterocycles. The summed E-state index contributed by atoms with van der Waals surface area (Å²) >= 11 is 0. The van der Waals surface area contributed by atoms with Crippen LogP contribution in [-0.2, 0) is 11.3 Å². The molecule has 0 spiro atoms. The molecule has 0 bridgehead atoms. The van der Waals surface area contributed by atoms with Gasteiger partial charge in [0.05, 0.1) is 36.4 Å². The van der Waals surface area contributed by atoms with Crippen molar-refractivity contribution in [3.05, 3.63) is 72.8 Å². The topological polar surface area (TPSA) is 129 Å². The van der Waals surface area contributed by atoms with Crippen molar-refractivity contribution in [2.75, 3.05) is 36.9 Å². The lowest BCUT2D eigenvalue weighted by Gasteiger charge is -2.11. The molecule has 37 heavy (non-hydrogen) atoms. The third kappa shape index (κ3) is 6.72. The fourth-order valence-corrected chi connectivity index (χ4v) is 4.07. The van der Waals surface area contributed by atoms with Gasteiger partial charge in [-0.25, -0.2) is 4.39 Å². The predicted molar refractivity (Wildman–Crippen MR) is 140 cm³/mol. The highest BCUT2D eigenvalue weighted by molar-refractivity contribution is 5.95. The van der Waals surface area contributed by atoms with Crippen LogP contribution in [-0.4, -0.2) is 51.9 Å². The van der Waals surface area contributed by atoms with Gasteiger partial charge in [0.2, 0.25) is 0 Å². The van der Waals surface area contributed by atoms with E-state index in [1.807, 2.05) is 18.3 Å². The summed E-state index contributed by atoms with van der Waals surface area (Å²) in [6.07, 6.45) is 10.4. The smallest absolute Gasteiger partial charge is 0.131 e. The first-order chi connectivity index (χ1) is 18.2. The molecule has 0 amide bonds. The minimum atomic E-state index is -0.272. The highest BCUT2D eigenvalue weighted by Gasteiger charge is 2.09. The summed E-state index contributed by atoms with van der Waals surface area (Å²) < 4.78 is 24.7. The molecule has 0 saturated heterocycles. The van der Waals surface area contributed by atoms with E-state index in [-0.39, 0.29) is 5.82 Å². The third-order valence-electron chi connectivity index (χ3n) is 5.85. The molecular weight excluding hydrogens is 475 g/mol. The van der Waals surface area contributed by atoms with Gasteiger partial charge in [0.15, 0.2) is 0 Å². The number of H-pyrrole nitrogens is 2. The molecule has 192 valence electrons. The SMILES string of the molecule is Fc1cc(CNCCCCOCCNc2cc(-c3cnoc3)cc3[nH]ncc23)cc(Nc2cn[nH]c2)c1. The lowest BCUT2D eigenvalue weighted by atomic mass is 10.1. The van der Waals surface area contributed by atoms with Gasteiger partial charge in [-0.2, -0.15) is 10.2 Å². The van der Waals surface area contributed by atoms with Gasteiger partial charge in [0.1, 0.15) is 12.1 Å². The van der Waals surface area contributed by atoms with E-state index in [9.17, 15) is 4.39 Å². The highest BCUT2D eigenvalue weighted by atomic mass is 19.1. The number of nitrogens with zero attached hydrogens (tertiary/aromatic N) is 3. The van der Waals surface area contributed by atoms with Crippen LogP contribution in [0.4, 0.5) is 21.5 Å². The molecule has 0 aliphatic carbocycles. The highest BCUT2D eigenvalue weighted by Crippen LogP contribution is 2.29. The monoisotopic (exact) mass is 504 g/mol. The van der Waals surface area contributed by atoms with Gasteiger partial charge in [-0.1, -0.05) is 5.16 Å². The summed E-state index contributed by atoms with van der Waals surface area (Å²) in [6, 6.07) is 9.02. The van der Waals surface area contributed by atoms with E-state index < -0.39 is 0 Å². The van der Waals surface area contributed by atoms with Crippen LogP contribution < -0.4 is 16.0 Å². The maximum absolute atomic E-state index is 14.0. The molecule has 3 aromatic heterocycles. The van der Waals surface area contributed by atoms with Gasteiger partial charge < -0.3 is 25.2 Å². The van der Waals surface area contributed by atoms with Crippen LogP contribution in [0.2, 0.25) is 0 Å². The molecule has 0 radical (unpaired) electrons. The van der Waals surface area contributed by atoms with Crippen LogP contribution in [0, 0.1) is 5.82 Å². The summed E-state index contributed by atoms with van der Waals surface area (Å²) in [5.74, 6) is -0.272. The molecule has 5 rings (SSSR count). The molecule has 0 aliphatic rings. The lowest BCUT2D eigenvalue weighted by molar-refractivity contribution is 0.140. The van der Waals surface area contributed by atoms with Crippen LogP contribution in [0.3, 0.4) is 0 Å². The largest absolute Gasteiger partial charge is 0.382 e. The molecular formula is C26H29FN8O2. The zero-order valence-corrected chi connectivity index (χ0v) is 20.3. The van der Waals surface area contributed by atoms with Gasteiger partial charge in [0.25, 0.3) is 0 Å². The molecule has 0 atom stereocenters. The van der Waals surface area contributed by atoms with Crippen molar-refractivity contribution in [2.24, 2.45) is 0 Å². The zero-order valence-electron chi connectivity index (χ0n) is 20.3. The first-order valence-electron chi connectivity index (χ1n) is 12.2. The Morgan fingerprint density at radius 3 is 2.76 bits per heavy atom. The molecule has 0 fully saturated rings. The number of anilines is 3. The summed E-state index contributed by atoms with van der Waals surface area (Å²) in [5, 5.41) is 28.5. The average molecular weight is 505 g/mol. The Hall–Kier alpha value is -4.22. The molecule has 10 nitrogen and oxygen atoms in total. The van der Waals surface area contributed by atoms with Crippen LogP contribution in [0.5, 0.6) is 0 Å². The van der Waals surface area contributed by atoms with Crippen LogP contribution in [0.15, 0.2) is 65.9 Å². The molecule has 0 saturated carbocycles. The summed E-state index contributed by atoms with van der Waals surface area (Å²) in [7, 11) is 0. The molecule has 2 aromatic carbocycles. The van der Waals surface area contributed by atoms with E-state index in [0.717, 1.165) is 58.4 Å². The molecule has 0 unspecified atom stereocenters. The Labute approximate surface area is 213 Å². The summed E-state index contributed by atoms with van der Waals surface area (Å²) in [6.45, 7) is 3.39. The normalized spacial score (nSPS) is 11.3. The number of benzene rings is 2. The van der Waals surface area contributed by atoms with Crippen molar-refractivity contribution in [2.45, 2.75) is 19.4 Å². The number of aromatic nitrogens is 5. The average Bonchev–Trinajstić information content (AvgIpc) is 3.67. The maximum atomic E-state index is 14.0. The lowest BCUT2D eigenvalue weighted by Crippen LogP contribution is -2.16. The second-order valence-corrected chi connectivity index (χ2v) is 8.65. The van der Waals surface area contributed by atoms with E-state index in [1.54, 1.807) is 30.9 Å². The van der Waals surface area contributed by atoms with Gasteiger partial charge in [-0.05, 0) is 60.8 Å². The molecule has 5 aromatic rings. The Morgan fingerprint density at radius 2 is 1.89 bits per heavy atom. The number of nitrogens with one attached hydrogen (secondary N) is 5. The number of halogens is 1. The van der Waals surface area contributed by atoms with Crippen LogP contribution >= 0.6 is 0 Å². The van der Waals surface area contributed by atoms with Crippen LogP contribution in [0.25, 0.3) is 22.0 Å². The Bertz CT molecular complexity index is 1390. The van der Waals surface area contributed by atoms with Crippen molar-refractivity contribution in [3.63, 3.8) is 0 Å². The molecule has 3 heterocycles.